The summed E-state index contributed by atoms with van der Waals surface area (Å²) >= 11 is 0. The highest BCUT2D eigenvalue weighted by Gasteiger charge is 2.45. The lowest BCUT2D eigenvalue weighted by molar-refractivity contribution is -0.384. The van der Waals surface area contributed by atoms with Crippen molar-refractivity contribution in [1.29, 1.82) is 0 Å². The van der Waals surface area contributed by atoms with Crippen molar-refractivity contribution in [3.8, 4) is 0 Å². The molecule has 0 bridgehead atoms. The maximum absolute atomic E-state index is 12.7. The first-order valence-corrected chi connectivity index (χ1v) is 4.56. The molecule has 0 aromatic heterocycles. The summed E-state index contributed by atoms with van der Waals surface area (Å²) < 4.78 is 25.3. The van der Waals surface area contributed by atoms with E-state index >= 15 is 0 Å². The van der Waals surface area contributed by atoms with Gasteiger partial charge in [-0.1, -0.05) is 0 Å². The minimum Gasteiger partial charge on any atom is -0.399 e. The number of nitrogens with two attached hydrogens (primary N) is 1. The summed E-state index contributed by atoms with van der Waals surface area (Å²) in [4.78, 5) is 11.3. The van der Waals surface area contributed by atoms with E-state index in [9.17, 15) is 18.9 Å². The topological polar surface area (TPSA) is 72.4 Å². The Morgan fingerprint density at radius 3 is 2.56 bits per heavy atom. The van der Waals surface area contributed by atoms with Crippen LogP contribution >= 0.6 is 0 Å². The lowest BCUT2D eigenvalue weighted by Crippen LogP contribution is -2.56. The van der Waals surface area contributed by atoms with Crippen LogP contribution in [0, 0.1) is 10.1 Å². The Kier molecular flexibility index (Phi) is 2.18. The first-order valence-electron chi connectivity index (χ1n) is 4.56. The molecule has 86 valence electrons. The fourth-order valence-corrected chi connectivity index (χ4v) is 1.63. The molecule has 0 radical (unpaired) electrons. The molecule has 1 aliphatic rings. The maximum Gasteiger partial charge on any atom is 0.292 e. The largest absolute Gasteiger partial charge is 0.399 e. The number of nitrogens with zero attached hydrogens (tertiary/aromatic N) is 2. The number of benzene rings is 1. The van der Waals surface area contributed by atoms with Gasteiger partial charge in [0.25, 0.3) is 11.6 Å². The van der Waals surface area contributed by atoms with Gasteiger partial charge in [-0.05, 0) is 12.1 Å². The second kappa shape index (κ2) is 3.29. The third-order valence-corrected chi connectivity index (χ3v) is 2.38. The third kappa shape index (κ3) is 1.75. The quantitative estimate of drug-likeness (QED) is 0.475. The Labute approximate surface area is 89.6 Å². The molecule has 16 heavy (non-hydrogen) atoms. The Bertz CT molecular complexity index is 442. The first-order chi connectivity index (χ1) is 7.39. The fraction of sp³-hybridized carbons (Fsp3) is 0.333. The minimum absolute atomic E-state index is 0.149. The normalized spacial score (nSPS) is 18.0. The molecule has 0 atom stereocenters. The number of nitrogen functional groups attached to an aromatic ring is 1. The van der Waals surface area contributed by atoms with Crippen molar-refractivity contribution >= 4 is 17.1 Å². The highest BCUT2D eigenvalue weighted by Crippen LogP contribution is 2.37. The van der Waals surface area contributed by atoms with E-state index in [4.69, 9.17) is 5.73 Å². The van der Waals surface area contributed by atoms with E-state index < -0.39 is 23.9 Å². The van der Waals surface area contributed by atoms with Gasteiger partial charge in [0, 0.05) is 11.8 Å². The lowest BCUT2D eigenvalue weighted by atomic mass is 10.1. The number of rotatable bonds is 2. The van der Waals surface area contributed by atoms with Crippen molar-refractivity contribution in [2.45, 2.75) is 5.92 Å². The van der Waals surface area contributed by atoms with Gasteiger partial charge in [-0.2, -0.15) is 0 Å². The molecule has 0 spiro atoms. The van der Waals surface area contributed by atoms with Crippen LogP contribution in [-0.4, -0.2) is 23.9 Å². The molecule has 1 aliphatic heterocycles. The van der Waals surface area contributed by atoms with Crippen LogP contribution < -0.4 is 10.6 Å². The first kappa shape index (κ1) is 10.6. The molecule has 1 saturated heterocycles. The van der Waals surface area contributed by atoms with E-state index in [0.717, 1.165) is 0 Å². The zero-order valence-electron chi connectivity index (χ0n) is 8.19. The summed E-state index contributed by atoms with van der Waals surface area (Å²) in [5.74, 6) is -2.77. The molecule has 1 fully saturated rings. The predicted octanol–water partition coefficient (Wildman–Crippen LogP) is 1.63. The smallest absolute Gasteiger partial charge is 0.292 e. The second-order valence-electron chi connectivity index (χ2n) is 3.72. The third-order valence-electron chi connectivity index (χ3n) is 2.38. The van der Waals surface area contributed by atoms with Crippen LogP contribution in [0.4, 0.5) is 25.8 Å². The van der Waals surface area contributed by atoms with Crippen molar-refractivity contribution in [3.63, 3.8) is 0 Å². The molecule has 2 N–H and O–H groups in total. The van der Waals surface area contributed by atoms with Gasteiger partial charge in [0.2, 0.25) is 0 Å². The SMILES string of the molecule is Nc1ccc([N+](=O)[O-])c(N2CC(F)(F)C2)c1. The van der Waals surface area contributed by atoms with E-state index in [0.29, 0.717) is 5.69 Å². The molecule has 0 amide bonds. The van der Waals surface area contributed by atoms with Crippen molar-refractivity contribution in [3.05, 3.63) is 28.3 Å². The number of hydrogen-bond donors (Lipinski definition) is 1. The van der Waals surface area contributed by atoms with Gasteiger partial charge in [0.15, 0.2) is 0 Å². The van der Waals surface area contributed by atoms with Crippen molar-refractivity contribution in [2.24, 2.45) is 0 Å². The molecule has 5 nitrogen and oxygen atoms in total. The van der Waals surface area contributed by atoms with Gasteiger partial charge in [0.05, 0.1) is 18.0 Å². The molecular weight excluding hydrogens is 220 g/mol. The van der Waals surface area contributed by atoms with Gasteiger partial charge in [-0.3, -0.25) is 10.1 Å². The predicted molar refractivity (Wildman–Crippen MR) is 54.7 cm³/mol. The number of nitro benzene ring substituents is 1. The zero-order chi connectivity index (χ0) is 11.9. The molecule has 7 heteroatoms. The number of nitro groups is 1. The van der Waals surface area contributed by atoms with E-state index in [-0.39, 0.29) is 11.4 Å². The number of hydrogen-bond acceptors (Lipinski definition) is 4. The molecule has 0 aliphatic carbocycles. The van der Waals surface area contributed by atoms with Gasteiger partial charge < -0.3 is 10.6 Å². The van der Waals surface area contributed by atoms with E-state index in [2.05, 4.69) is 0 Å². The van der Waals surface area contributed by atoms with Crippen LogP contribution in [0.15, 0.2) is 18.2 Å². The average Bonchev–Trinajstić information content (AvgIpc) is 2.13. The molecule has 1 heterocycles. The Hall–Kier alpha value is -1.92. The van der Waals surface area contributed by atoms with Crippen molar-refractivity contribution in [1.82, 2.24) is 0 Å². The van der Waals surface area contributed by atoms with Gasteiger partial charge in [0.1, 0.15) is 5.69 Å². The van der Waals surface area contributed by atoms with Gasteiger partial charge in [-0.25, -0.2) is 8.78 Å². The molecule has 1 aromatic rings. The van der Waals surface area contributed by atoms with Crippen LogP contribution in [0.2, 0.25) is 0 Å². The van der Waals surface area contributed by atoms with Crippen molar-refractivity contribution < 1.29 is 13.7 Å². The van der Waals surface area contributed by atoms with E-state index in [1.165, 1.54) is 23.1 Å². The van der Waals surface area contributed by atoms with Crippen LogP contribution in [0.25, 0.3) is 0 Å². The summed E-state index contributed by atoms with van der Waals surface area (Å²) in [7, 11) is 0. The summed E-state index contributed by atoms with van der Waals surface area (Å²) in [6, 6.07) is 3.94. The summed E-state index contributed by atoms with van der Waals surface area (Å²) in [5, 5.41) is 10.7. The zero-order valence-corrected chi connectivity index (χ0v) is 8.19. The highest BCUT2D eigenvalue weighted by molar-refractivity contribution is 5.70. The Balaban J connectivity index is 2.33. The lowest BCUT2D eigenvalue weighted by Gasteiger charge is -2.40. The van der Waals surface area contributed by atoms with E-state index in [1.807, 2.05) is 0 Å². The number of halogens is 2. The fourth-order valence-electron chi connectivity index (χ4n) is 1.63. The second-order valence-corrected chi connectivity index (χ2v) is 3.72. The highest BCUT2D eigenvalue weighted by atomic mass is 19.3. The molecule has 2 rings (SSSR count). The van der Waals surface area contributed by atoms with Crippen LogP contribution in [0.5, 0.6) is 0 Å². The Morgan fingerprint density at radius 2 is 2.06 bits per heavy atom. The molecule has 0 unspecified atom stereocenters. The van der Waals surface area contributed by atoms with E-state index in [1.54, 1.807) is 0 Å². The van der Waals surface area contributed by atoms with Gasteiger partial charge in [-0.15, -0.1) is 0 Å². The average molecular weight is 229 g/mol. The maximum atomic E-state index is 12.7. The molecule has 0 saturated carbocycles. The monoisotopic (exact) mass is 229 g/mol. The summed E-state index contributed by atoms with van der Waals surface area (Å²) in [5.41, 5.74) is 5.74. The summed E-state index contributed by atoms with van der Waals surface area (Å²) in [6.07, 6.45) is 0. The Morgan fingerprint density at radius 1 is 1.44 bits per heavy atom. The van der Waals surface area contributed by atoms with Crippen LogP contribution in [-0.2, 0) is 0 Å². The number of alkyl halides is 2. The van der Waals surface area contributed by atoms with Crippen LogP contribution in [0.1, 0.15) is 0 Å². The minimum atomic E-state index is -2.77. The number of anilines is 2. The molecule has 1 aromatic carbocycles. The molecular formula is C9H9F2N3O2. The summed E-state index contributed by atoms with van der Waals surface area (Å²) in [6.45, 7) is -1.01. The van der Waals surface area contributed by atoms with Crippen LogP contribution in [0.3, 0.4) is 0 Å². The standard InChI is InChI=1S/C9H9F2N3O2/c10-9(11)4-13(5-9)8-3-6(12)1-2-7(8)14(15)16/h1-3H,4-5,12H2. The van der Waals surface area contributed by atoms with Gasteiger partial charge >= 0.3 is 0 Å². The van der Waals surface area contributed by atoms with Crippen molar-refractivity contribution in [2.75, 3.05) is 23.7 Å².